The Morgan fingerprint density at radius 2 is 2.00 bits per heavy atom. The average Bonchev–Trinajstić information content (AvgIpc) is 3.49. The second-order valence-corrected chi connectivity index (χ2v) is 7.08. The fourth-order valence-electron chi connectivity index (χ4n) is 3.75. The molecule has 1 aliphatic rings. The molecule has 0 aliphatic carbocycles. The summed E-state index contributed by atoms with van der Waals surface area (Å²) in [4.78, 5) is 23.0. The predicted octanol–water partition coefficient (Wildman–Crippen LogP) is 0.609. The summed E-state index contributed by atoms with van der Waals surface area (Å²) in [5.41, 5.74) is 2.04. The van der Waals surface area contributed by atoms with Gasteiger partial charge in [-0.15, -0.1) is 15.3 Å². The van der Waals surface area contributed by atoms with E-state index in [1.807, 2.05) is 30.3 Å². The summed E-state index contributed by atoms with van der Waals surface area (Å²) in [7, 11) is 0. The molecule has 0 saturated carbocycles. The largest absolute Gasteiger partial charge is 0.391 e. The lowest BCUT2D eigenvalue weighted by molar-refractivity contribution is 0.0753. The third kappa shape index (κ3) is 3.23. The number of aliphatic hydroxyl groups excluding tert-OH is 1. The molecule has 4 heterocycles. The van der Waals surface area contributed by atoms with E-state index in [4.69, 9.17) is 0 Å². The lowest BCUT2D eigenvalue weighted by atomic mass is 9.94. The Labute approximate surface area is 165 Å². The number of carbonyl (C=O) groups excluding carboxylic acids is 1. The topological polar surface area (TPSA) is 126 Å². The molecule has 3 aromatic heterocycles. The van der Waals surface area contributed by atoms with Crippen LogP contribution in [0.4, 0.5) is 0 Å². The lowest BCUT2D eigenvalue weighted by Gasteiger charge is -2.15. The van der Waals surface area contributed by atoms with Crippen LogP contribution in [0, 0.1) is 5.92 Å². The van der Waals surface area contributed by atoms with Gasteiger partial charge in [-0.05, 0) is 24.1 Å². The molecule has 0 spiro atoms. The molecule has 2 N–H and O–H groups in total. The summed E-state index contributed by atoms with van der Waals surface area (Å²) in [5.74, 6) is 0.0526. The molecule has 1 amide bonds. The maximum absolute atomic E-state index is 12.8. The zero-order valence-corrected chi connectivity index (χ0v) is 15.4. The predicted molar refractivity (Wildman–Crippen MR) is 102 cm³/mol. The van der Waals surface area contributed by atoms with E-state index in [1.165, 1.54) is 17.2 Å². The first-order chi connectivity index (χ1) is 14.2. The number of carbonyl (C=O) groups is 1. The monoisotopic (exact) mass is 390 g/mol. The highest BCUT2D eigenvalue weighted by molar-refractivity contribution is 5.90. The van der Waals surface area contributed by atoms with Crippen LogP contribution in [-0.4, -0.2) is 70.0 Å². The Hall–Kier alpha value is -3.66. The van der Waals surface area contributed by atoms with Crippen molar-refractivity contribution in [2.45, 2.75) is 12.5 Å². The number of benzene rings is 1. The van der Waals surface area contributed by atoms with Crippen LogP contribution in [-0.2, 0) is 6.42 Å². The zero-order chi connectivity index (χ0) is 19.8. The molecule has 29 heavy (non-hydrogen) atoms. The van der Waals surface area contributed by atoms with Gasteiger partial charge in [0.15, 0.2) is 0 Å². The summed E-state index contributed by atoms with van der Waals surface area (Å²) in [6.45, 7) is 0.703. The average molecular weight is 390 g/mol. The Morgan fingerprint density at radius 3 is 2.86 bits per heavy atom. The van der Waals surface area contributed by atoms with Crippen LogP contribution in [0.3, 0.4) is 0 Å². The van der Waals surface area contributed by atoms with Gasteiger partial charge in [0.2, 0.25) is 5.82 Å². The minimum Gasteiger partial charge on any atom is -0.391 e. The Bertz CT molecular complexity index is 1150. The smallest absolute Gasteiger partial charge is 0.291 e. The van der Waals surface area contributed by atoms with Crippen LogP contribution in [0.1, 0.15) is 16.2 Å². The second-order valence-electron chi connectivity index (χ2n) is 7.08. The van der Waals surface area contributed by atoms with Crippen LogP contribution in [0.5, 0.6) is 0 Å². The molecule has 0 bridgehead atoms. The van der Waals surface area contributed by atoms with Gasteiger partial charge in [0.25, 0.3) is 11.9 Å². The molecule has 0 unspecified atom stereocenters. The van der Waals surface area contributed by atoms with Crippen LogP contribution in [0.15, 0.2) is 49.2 Å². The molecule has 1 aromatic carbocycles. The van der Waals surface area contributed by atoms with E-state index < -0.39 is 6.10 Å². The third-order valence-electron chi connectivity index (χ3n) is 5.24. The number of β-amino-alcohol motifs (C(OH)–C–C–N with tert-alkyl or cyclic N) is 1. The van der Waals surface area contributed by atoms with Crippen LogP contribution >= 0.6 is 0 Å². The van der Waals surface area contributed by atoms with Gasteiger partial charge in [-0.1, -0.05) is 18.2 Å². The van der Waals surface area contributed by atoms with Crippen molar-refractivity contribution in [2.24, 2.45) is 5.92 Å². The van der Waals surface area contributed by atoms with Crippen molar-refractivity contribution in [1.82, 2.24) is 39.8 Å². The molecule has 1 fully saturated rings. The van der Waals surface area contributed by atoms with E-state index in [9.17, 15) is 9.90 Å². The number of H-pyrrole nitrogens is 1. The van der Waals surface area contributed by atoms with Crippen molar-refractivity contribution in [3.05, 3.63) is 60.6 Å². The number of pyridine rings is 1. The minimum atomic E-state index is -0.605. The van der Waals surface area contributed by atoms with E-state index in [0.29, 0.717) is 13.0 Å². The highest BCUT2D eigenvalue weighted by Crippen LogP contribution is 2.26. The maximum Gasteiger partial charge on any atom is 0.291 e. The molecular formula is C19H18N8O2. The number of nitrogens with zero attached hydrogens (tertiary/aromatic N) is 7. The molecule has 10 nitrogen and oxygen atoms in total. The minimum absolute atomic E-state index is 0.0648. The normalized spacial score (nSPS) is 19.1. The first-order valence-corrected chi connectivity index (χ1v) is 9.26. The fraction of sp³-hybridized carbons (Fsp3) is 0.263. The number of fused-ring (bicyclic) bond motifs is 1. The number of rotatable bonds is 4. The van der Waals surface area contributed by atoms with Crippen molar-refractivity contribution >= 4 is 16.8 Å². The van der Waals surface area contributed by atoms with Gasteiger partial charge in [-0.3, -0.25) is 19.4 Å². The van der Waals surface area contributed by atoms with E-state index in [-0.39, 0.29) is 30.1 Å². The van der Waals surface area contributed by atoms with E-state index in [1.54, 1.807) is 11.1 Å². The molecule has 1 saturated heterocycles. The Kier molecular flexibility index (Phi) is 4.24. The molecule has 1 aliphatic heterocycles. The molecule has 0 radical (unpaired) electrons. The van der Waals surface area contributed by atoms with Gasteiger partial charge in [0.1, 0.15) is 12.7 Å². The number of para-hydroxylation sites is 1. The van der Waals surface area contributed by atoms with E-state index in [0.717, 1.165) is 16.5 Å². The first kappa shape index (κ1) is 17.4. The number of aliphatic hydroxyl groups is 1. The van der Waals surface area contributed by atoms with E-state index >= 15 is 0 Å². The molecule has 5 rings (SSSR count). The maximum atomic E-state index is 12.8. The summed E-state index contributed by atoms with van der Waals surface area (Å²) in [6.07, 6.45) is 4.74. The number of aromatic amines is 1. The quantitative estimate of drug-likeness (QED) is 0.523. The van der Waals surface area contributed by atoms with Crippen LogP contribution in [0.25, 0.3) is 16.9 Å². The summed E-state index contributed by atoms with van der Waals surface area (Å²) >= 11 is 0. The van der Waals surface area contributed by atoms with Crippen molar-refractivity contribution < 1.29 is 9.90 Å². The van der Waals surface area contributed by atoms with E-state index in [2.05, 4.69) is 30.4 Å². The van der Waals surface area contributed by atoms with Gasteiger partial charge in [-0.25, -0.2) is 0 Å². The second kappa shape index (κ2) is 7.06. The molecular weight excluding hydrogens is 372 g/mol. The Balaban J connectivity index is 1.32. The van der Waals surface area contributed by atoms with Gasteiger partial charge in [0, 0.05) is 30.6 Å². The standard InChI is InChI=1S/C19H18N8O2/c28-16-9-26(18(29)17-23-19(25-24-17)27-10-21-22-11-27)8-13(16)7-12-5-6-20-15-4-2-1-3-14(12)15/h1-6,10-11,13,16,28H,7-9H2,(H,23,24,25)/t13-,16+/m1/s1. The van der Waals surface area contributed by atoms with Gasteiger partial charge >= 0.3 is 0 Å². The van der Waals surface area contributed by atoms with Gasteiger partial charge in [-0.2, -0.15) is 4.98 Å². The number of hydrogen-bond acceptors (Lipinski definition) is 7. The van der Waals surface area contributed by atoms with Gasteiger partial charge < -0.3 is 10.0 Å². The highest BCUT2D eigenvalue weighted by Gasteiger charge is 2.35. The Morgan fingerprint density at radius 1 is 1.17 bits per heavy atom. The number of amides is 1. The van der Waals surface area contributed by atoms with Crippen LogP contribution in [0.2, 0.25) is 0 Å². The lowest BCUT2D eigenvalue weighted by Crippen LogP contribution is -2.30. The van der Waals surface area contributed by atoms with Gasteiger partial charge in [0.05, 0.1) is 11.6 Å². The fourth-order valence-corrected chi connectivity index (χ4v) is 3.75. The summed E-state index contributed by atoms with van der Waals surface area (Å²) in [6, 6.07) is 9.91. The number of aromatic nitrogens is 7. The first-order valence-electron chi connectivity index (χ1n) is 9.26. The van der Waals surface area contributed by atoms with Crippen molar-refractivity contribution in [1.29, 1.82) is 0 Å². The summed E-state index contributed by atoms with van der Waals surface area (Å²) < 4.78 is 1.50. The molecule has 2 atom stereocenters. The van der Waals surface area contributed by atoms with Crippen molar-refractivity contribution in [3.8, 4) is 5.95 Å². The van der Waals surface area contributed by atoms with Crippen molar-refractivity contribution in [2.75, 3.05) is 13.1 Å². The highest BCUT2D eigenvalue weighted by atomic mass is 16.3. The third-order valence-corrected chi connectivity index (χ3v) is 5.24. The number of hydrogen-bond donors (Lipinski definition) is 2. The summed E-state index contributed by atoms with van der Waals surface area (Å²) in [5, 5.41) is 25.7. The SMILES string of the molecule is O=C(c1nc(-n2cnnc2)n[nH]1)N1C[C@@H](Cc2ccnc3ccccc23)[C@@H](O)C1. The van der Waals surface area contributed by atoms with Crippen LogP contribution < -0.4 is 0 Å². The number of likely N-dealkylation sites (tertiary alicyclic amines) is 1. The zero-order valence-electron chi connectivity index (χ0n) is 15.4. The molecule has 10 heteroatoms. The number of nitrogens with one attached hydrogen (secondary N) is 1. The molecule has 146 valence electrons. The molecule has 4 aromatic rings. The van der Waals surface area contributed by atoms with Crippen molar-refractivity contribution in [3.63, 3.8) is 0 Å².